The summed E-state index contributed by atoms with van der Waals surface area (Å²) in [6, 6.07) is 5.36. The number of morpholine rings is 1. The van der Waals surface area contributed by atoms with E-state index in [-0.39, 0.29) is 18.8 Å². The topological polar surface area (TPSA) is 74.0 Å². The highest BCUT2D eigenvalue weighted by molar-refractivity contribution is 5.80. The van der Waals surface area contributed by atoms with Gasteiger partial charge >= 0.3 is 0 Å². The highest BCUT2D eigenvalue weighted by Crippen LogP contribution is 2.36. The molecule has 108 valence electrons. The average Bonchev–Trinajstić information content (AvgIpc) is 2.87. The van der Waals surface area contributed by atoms with E-state index in [9.17, 15) is 4.79 Å². The number of ether oxygens (including phenoxy) is 3. The molecule has 0 spiro atoms. The van der Waals surface area contributed by atoms with Crippen molar-refractivity contribution >= 4 is 5.91 Å². The number of primary amides is 1. The summed E-state index contributed by atoms with van der Waals surface area (Å²) in [6.45, 7) is 3.97. The van der Waals surface area contributed by atoms with Gasteiger partial charge in [-0.1, -0.05) is 12.1 Å². The fraction of sp³-hybridized carbons (Fsp3) is 0.500. The minimum atomic E-state index is -0.415. The summed E-state index contributed by atoms with van der Waals surface area (Å²) in [4.78, 5) is 13.7. The quantitative estimate of drug-likeness (QED) is 0.871. The second-order valence-corrected chi connectivity index (χ2v) is 5.04. The molecule has 6 nitrogen and oxygen atoms in total. The van der Waals surface area contributed by atoms with Crippen LogP contribution >= 0.6 is 0 Å². The summed E-state index contributed by atoms with van der Waals surface area (Å²) in [5.74, 6) is 1.15. The monoisotopic (exact) mass is 278 g/mol. The van der Waals surface area contributed by atoms with Gasteiger partial charge in [0.05, 0.1) is 12.7 Å². The molecule has 6 heteroatoms. The van der Waals surface area contributed by atoms with E-state index in [0.717, 1.165) is 17.1 Å². The van der Waals surface area contributed by atoms with Crippen molar-refractivity contribution in [1.29, 1.82) is 0 Å². The number of hydrogen-bond acceptors (Lipinski definition) is 5. The molecule has 20 heavy (non-hydrogen) atoms. The molecule has 1 aromatic carbocycles. The van der Waals surface area contributed by atoms with E-state index in [4.69, 9.17) is 19.9 Å². The third-order valence-corrected chi connectivity index (χ3v) is 3.74. The third kappa shape index (κ3) is 2.32. The van der Waals surface area contributed by atoms with Crippen LogP contribution in [0.5, 0.6) is 11.5 Å². The lowest BCUT2D eigenvalue weighted by molar-refractivity contribution is -0.136. The lowest BCUT2D eigenvalue weighted by atomic mass is 10.1. The largest absolute Gasteiger partial charge is 0.454 e. The number of rotatable bonds is 3. The van der Waals surface area contributed by atoms with Gasteiger partial charge in [0.25, 0.3) is 0 Å². The number of carbonyl (C=O) groups excluding carboxylic acids is 1. The Morgan fingerprint density at radius 2 is 2.30 bits per heavy atom. The van der Waals surface area contributed by atoms with Crippen LogP contribution in [0.2, 0.25) is 0 Å². The van der Waals surface area contributed by atoms with Gasteiger partial charge in [-0.15, -0.1) is 0 Å². The van der Waals surface area contributed by atoms with Gasteiger partial charge in [-0.2, -0.15) is 0 Å². The van der Waals surface area contributed by atoms with Crippen LogP contribution in [0.15, 0.2) is 18.2 Å². The molecule has 1 fully saturated rings. The van der Waals surface area contributed by atoms with E-state index >= 15 is 0 Å². The zero-order valence-corrected chi connectivity index (χ0v) is 11.4. The highest BCUT2D eigenvalue weighted by Gasteiger charge is 2.34. The van der Waals surface area contributed by atoms with Gasteiger partial charge in [-0.25, -0.2) is 0 Å². The molecule has 1 saturated heterocycles. The van der Waals surface area contributed by atoms with Crippen molar-refractivity contribution in [1.82, 2.24) is 4.90 Å². The van der Waals surface area contributed by atoms with Crippen molar-refractivity contribution in [2.75, 3.05) is 19.9 Å². The van der Waals surface area contributed by atoms with Crippen LogP contribution in [0.25, 0.3) is 0 Å². The van der Waals surface area contributed by atoms with Crippen molar-refractivity contribution < 1.29 is 19.0 Å². The van der Waals surface area contributed by atoms with Crippen molar-refractivity contribution in [3.8, 4) is 11.5 Å². The minimum Gasteiger partial charge on any atom is -0.454 e. The van der Waals surface area contributed by atoms with Gasteiger partial charge in [0.15, 0.2) is 11.5 Å². The molecule has 2 aliphatic rings. The van der Waals surface area contributed by atoms with Crippen LogP contribution in [-0.2, 0) is 16.1 Å². The number of fused-ring (bicyclic) bond motifs is 1. The van der Waals surface area contributed by atoms with E-state index in [0.29, 0.717) is 19.7 Å². The molecular weight excluding hydrogens is 260 g/mol. The third-order valence-electron chi connectivity index (χ3n) is 3.74. The minimum absolute atomic E-state index is 0.199. The molecule has 0 bridgehead atoms. The second-order valence-electron chi connectivity index (χ2n) is 5.04. The molecule has 2 N–H and O–H groups in total. The Morgan fingerprint density at radius 3 is 3.10 bits per heavy atom. The standard InChI is InChI=1S/C14H18N2O4/c1-9-12(14(15)17)16(5-6-18-9)7-10-3-2-4-11-13(10)20-8-19-11/h2-4,9,12H,5-8H2,1H3,(H2,15,17)/t9-,12+/m1/s1. The molecule has 0 aromatic heterocycles. The Kier molecular flexibility index (Phi) is 3.50. The molecule has 3 rings (SSSR count). The van der Waals surface area contributed by atoms with E-state index < -0.39 is 6.04 Å². The zero-order valence-electron chi connectivity index (χ0n) is 11.4. The van der Waals surface area contributed by atoms with Crippen LogP contribution < -0.4 is 15.2 Å². The zero-order chi connectivity index (χ0) is 14.1. The van der Waals surface area contributed by atoms with Crippen LogP contribution in [-0.4, -0.2) is 42.9 Å². The van der Waals surface area contributed by atoms with Gasteiger partial charge in [-0.05, 0) is 13.0 Å². The van der Waals surface area contributed by atoms with Gasteiger partial charge in [0, 0.05) is 18.7 Å². The fourth-order valence-electron chi connectivity index (χ4n) is 2.81. The molecule has 0 radical (unpaired) electrons. The van der Waals surface area contributed by atoms with Crippen molar-refractivity contribution in [3.63, 3.8) is 0 Å². The predicted molar refractivity (Wildman–Crippen MR) is 71.4 cm³/mol. The summed E-state index contributed by atoms with van der Waals surface area (Å²) in [7, 11) is 0. The number of para-hydroxylation sites is 1. The van der Waals surface area contributed by atoms with Gasteiger partial charge in [0.2, 0.25) is 12.7 Å². The first-order valence-electron chi connectivity index (χ1n) is 6.69. The number of carbonyl (C=O) groups is 1. The van der Waals surface area contributed by atoms with Crippen LogP contribution in [0.3, 0.4) is 0 Å². The Bertz CT molecular complexity index is 520. The van der Waals surface area contributed by atoms with Crippen molar-refractivity contribution in [2.24, 2.45) is 5.73 Å². The van der Waals surface area contributed by atoms with Crippen molar-refractivity contribution in [2.45, 2.75) is 25.6 Å². The normalized spacial score (nSPS) is 25.6. The van der Waals surface area contributed by atoms with E-state index in [1.807, 2.05) is 30.0 Å². The van der Waals surface area contributed by atoms with Crippen LogP contribution in [0.1, 0.15) is 12.5 Å². The smallest absolute Gasteiger partial charge is 0.237 e. The molecule has 2 heterocycles. The molecule has 0 aliphatic carbocycles. The predicted octanol–water partition coefficient (Wildman–Crippen LogP) is 0.490. The first-order chi connectivity index (χ1) is 9.66. The van der Waals surface area contributed by atoms with Gasteiger partial charge in [-0.3, -0.25) is 9.69 Å². The van der Waals surface area contributed by atoms with Crippen molar-refractivity contribution in [3.05, 3.63) is 23.8 Å². The number of amides is 1. The van der Waals surface area contributed by atoms with Gasteiger partial charge < -0.3 is 19.9 Å². The number of nitrogens with two attached hydrogens (primary N) is 1. The summed E-state index contributed by atoms with van der Waals surface area (Å²) in [6.07, 6.45) is -0.199. The number of benzene rings is 1. The van der Waals surface area contributed by atoms with E-state index in [2.05, 4.69) is 0 Å². The van der Waals surface area contributed by atoms with Crippen LogP contribution in [0, 0.1) is 0 Å². The van der Waals surface area contributed by atoms with E-state index in [1.165, 1.54) is 0 Å². The highest BCUT2D eigenvalue weighted by atomic mass is 16.7. The summed E-state index contributed by atoms with van der Waals surface area (Å²) in [5, 5.41) is 0. The molecule has 1 amide bonds. The summed E-state index contributed by atoms with van der Waals surface area (Å²) >= 11 is 0. The van der Waals surface area contributed by atoms with Crippen LogP contribution in [0.4, 0.5) is 0 Å². The Balaban J connectivity index is 1.83. The molecule has 2 aliphatic heterocycles. The lowest BCUT2D eigenvalue weighted by Gasteiger charge is -2.37. The second kappa shape index (κ2) is 5.30. The molecule has 0 saturated carbocycles. The Hall–Kier alpha value is -1.79. The Morgan fingerprint density at radius 1 is 1.45 bits per heavy atom. The first-order valence-corrected chi connectivity index (χ1v) is 6.69. The number of nitrogens with zero attached hydrogens (tertiary/aromatic N) is 1. The fourth-order valence-corrected chi connectivity index (χ4v) is 2.81. The summed E-state index contributed by atoms with van der Waals surface area (Å²) in [5.41, 5.74) is 6.50. The SMILES string of the molecule is C[C@H]1OCCN(Cc2cccc3c2OCO3)[C@@H]1C(N)=O. The number of hydrogen-bond donors (Lipinski definition) is 1. The molecule has 2 atom stereocenters. The Labute approximate surface area is 117 Å². The lowest BCUT2D eigenvalue weighted by Crippen LogP contribution is -2.56. The molecule has 0 unspecified atom stereocenters. The molecular formula is C14H18N2O4. The van der Waals surface area contributed by atoms with Gasteiger partial charge in [0.1, 0.15) is 6.04 Å². The molecule has 1 aromatic rings. The van der Waals surface area contributed by atoms with E-state index in [1.54, 1.807) is 0 Å². The maximum absolute atomic E-state index is 11.6. The summed E-state index contributed by atoms with van der Waals surface area (Å²) < 4.78 is 16.4. The first kappa shape index (κ1) is 13.2. The average molecular weight is 278 g/mol. The maximum Gasteiger partial charge on any atom is 0.237 e. The maximum atomic E-state index is 11.6.